The molecule has 2 aromatic heterocycles. The molecule has 5 aromatic rings. The predicted octanol–water partition coefficient (Wildman–Crippen LogP) is 4.53. The van der Waals surface area contributed by atoms with Crippen molar-refractivity contribution in [2.75, 3.05) is 42.9 Å². The van der Waals surface area contributed by atoms with Gasteiger partial charge in [-0.25, -0.2) is 23.5 Å². The number of pyridine rings is 1. The van der Waals surface area contributed by atoms with Gasteiger partial charge in [0.15, 0.2) is 0 Å². The summed E-state index contributed by atoms with van der Waals surface area (Å²) in [7, 11) is 0. The minimum atomic E-state index is -1.38. The van der Waals surface area contributed by atoms with Crippen LogP contribution in [-0.2, 0) is 44.4 Å². The van der Waals surface area contributed by atoms with Crippen LogP contribution < -0.4 is 26.3 Å². The Kier molecular flexibility index (Phi) is 13.1. The number of aromatic carboxylic acids is 1. The number of ether oxygens (including phenoxy) is 2. The zero-order valence-electron chi connectivity index (χ0n) is 33.9. The highest BCUT2D eigenvalue weighted by atomic mass is 19.1. The molecule has 2 aliphatic rings. The van der Waals surface area contributed by atoms with Crippen molar-refractivity contribution in [2.45, 2.75) is 63.9 Å². The second kappa shape index (κ2) is 18.9. The summed E-state index contributed by atoms with van der Waals surface area (Å²) in [6, 6.07) is 17.9. The molecule has 3 heterocycles. The highest BCUT2D eigenvalue weighted by Crippen LogP contribution is 2.44. The maximum Gasteiger partial charge on any atom is 0.410 e. The van der Waals surface area contributed by atoms with Crippen LogP contribution in [0.5, 0.6) is 0 Å². The number of amides is 4. The number of nitrogens with one attached hydrogen (secondary N) is 3. The molecule has 1 aliphatic heterocycles. The Morgan fingerprint density at radius 2 is 1.66 bits per heavy atom. The molecule has 0 radical (unpaired) electrons. The quantitative estimate of drug-likeness (QED) is 0.0750. The Morgan fingerprint density at radius 1 is 0.952 bits per heavy atom. The first-order valence-corrected chi connectivity index (χ1v) is 20.2. The van der Waals surface area contributed by atoms with Gasteiger partial charge in [-0.15, -0.1) is 5.10 Å². The maximum atomic E-state index is 15.3. The Labute approximate surface area is 354 Å². The topological polar surface area (TPSA) is 219 Å². The molecule has 62 heavy (non-hydrogen) atoms. The number of piperazine rings is 1. The molecule has 19 heteroatoms. The Bertz CT molecular complexity index is 2500. The van der Waals surface area contributed by atoms with Gasteiger partial charge in [-0.3, -0.25) is 14.4 Å². The number of anilines is 2. The second-order valence-electron chi connectivity index (χ2n) is 15.1. The average Bonchev–Trinajstić information content (AvgIpc) is 3.89. The van der Waals surface area contributed by atoms with E-state index in [1.165, 1.54) is 21.8 Å². The van der Waals surface area contributed by atoms with Crippen molar-refractivity contribution in [2.24, 2.45) is 0 Å². The van der Waals surface area contributed by atoms with Gasteiger partial charge in [-0.05, 0) is 68.0 Å². The van der Waals surface area contributed by atoms with E-state index in [0.717, 1.165) is 11.6 Å². The molecule has 18 nitrogen and oxygen atoms in total. The van der Waals surface area contributed by atoms with Crippen LogP contribution in [0.1, 0.15) is 65.8 Å². The third-order valence-corrected chi connectivity index (χ3v) is 11.0. The van der Waals surface area contributed by atoms with Crippen LogP contribution in [0.2, 0.25) is 0 Å². The van der Waals surface area contributed by atoms with Crippen molar-refractivity contribution in [3.63, 3.8) is 0 Å². The van der Waals surface area contributed by atoms with E-state index in [1.807, 2.05) is 30.3 Å². The zero-order chi connectivity index (χ0) is 43.8. The fourth-order valence-electron chi connectivity index (χ4n) is 7.34. The molecule has 324 valence electrons. The number of aryl methyl sites for hydroxylation is 1. The highest BCUT2D eigenvalue weighted by Gasteiger charge is 2.49. The van der Waals surface area contributed by atoms with Crippen LogP contribution in [0.25, 0.3) is 10.9 Å². The second-order valence-corrected chi connectivity index (χ2v) is 15.1. The lowest BCUT2D eigenvalue weighted by molar-refractivity contribution is -0.119. The van der Waals surface area contributed by atoms with E-state index in [4.69, 9.17) is 9.47 Å². The number of fused-ring (bicyclic) bond motifs is 1. The summed E-state index contributed by atoms with van der Waals surface area (Å²) in [6.07, 6.45) is 4.41. The number of carbonyl (C=O) groups is 5. The van der Waals surface area contributed by atoms with E-state index in [1.54, 1.807) is 46.9 Å². The fourth-order valence-corrected chi connectivity index (χ4v) is 7.34. The number of nitrogens with zero attached hydrogens (tertiary/aromatic N) is 6. The van der Waals surface area contributed by atoms with Gasteiger partial charge in [-0.1, -0.05) is 47.7 Å². The molecule has 1 atom stereocenters. The van der Waals surface area contributed by atoms with E-state index in [0.29, 0.717) is 80.7 Å². The Balaban J connectivity index is 0.918. The summed E-state index contributed by atoms with van der Waals surface area (Å²) in [5.41, 5.74) is 1.23. The number of aromatic nitrogens is 4. The molecule has 0 spiro atoms. The van der Waals surface area contributed by atoms with Gasteiger partial charge in [0.25, 0.3) is 0 Å². The van der Waals surface area contributed by atoms with E-state index < -0.39 is 46.5 Å². The smallest absolute Gasteiger partial charge is 0.410 e. The summed E-state index contributed by atoms with van der Waals surface area (Å²) in [4.78, 5) is 77.8. The maximum absolute atomic E-state index is 15.3. The van der Waals surface area contributed by atoms with Crippen LogP contribution in [0.3, 0.4) is 0 Å². The number of hydrogen-bond acceptors (Lipinski definition) is 11. The molecule has 7 rings (SSSR count). The summed E-state index contributed by atoms with van der Waals surface area (Å²) < 4.78 is 29.4. The van der Waals surface area contributed by atoms with Crippen molar-refractivity contribution in [3.8, 4) is 0 Å². The average molecular weight is 852 g/mol. The first-order chi connectivity index (χ1) is 30.0. The van der Waals surface area contributed by atoms with Gasteiger partial charge in [0.2, 0.25) is 17.7 Å². The van der Waals surface area contributed by atoms with Gasteiger partial charge in [0.1, 0.15) is 36.3 Å². The van der Waals surface area contributed by atoms with Crippen molar-refractivity contribution < 1.29 is 42.9 Å². The lowest BCUT2D eigenvalue weighted by Gasteiger charge is -2.35. The summed E-state index contributed by atoms with van der Waals surface area (Å²) in [6.45, 7) is 3.67. The molecule has 1 saturated heterocycles. The minimum Gasteiger partial charge on any atom is -0.477 e. The third-order valence-electron chi connectivity index (χ3n) is 11.0. The Morgan fingerprint density at radius 3 is 2.34 bits per heavy atom. The monoisotopic (exact) mass is 851 g/mol. The van der Waals surface area contributed by atoms with Crippen molar-refractivity contribution in [1.82, 2.24) is 35.1 Å². The SMILES string of the molecule is CCn1cc(C(=O)O)c(=O)c2cc(F)c(N3CCN(C(=O)OCc4ccc(NC(=O)C(CCCNC=O)n5cc(C6(NC(=O)OCc7ccccc7)CC6)nn5)cc4)CC3)cc21. The molecule has 0 bridgehead atoms. The lowest BCUT2D eigenvalue weighted by atomic mass is 10.1. The van der Waals surface area contributed by atoms with Gasteiger partial charge in [0, 0.05) is 56.5 Å². The minimum absolute atomic E-state index is 0.0202. The highest BCUT2D eigenvalue weighted by molar-refractivity contribution is 5.94. The third kappa shape index (κ3) is 9.83. The van der Waals surface area contributed by atoms with E-state index in [2.05, 4.69) is 26.3 Å². The van der Waals surface area contributed by atoms with Crippen LogP contribution in [0, 0.1) is 5.82 Å². The van der Waals surface area contributed by atoms with Gasteiger partial charge >= 0.3 is 18.2 Å². The predicted molar refractivity (Wildman–Crippen MR) is 223 cm³/mol. The molecule has 1 unspecified atom stereocenters. The molecule has 1 aliphatic carbocycles. The number of alkyl carbamates (subject to hydrolysis) is 1. The van der Waals surface area contributed by atoms with Crippen LogP contribution in [0.15, 0.2) is 83.9 Å². The van der Waals surface area contributed by atoms with Crippen molar-refractivity contribution in [1.29, 1.82) is 0 Å². The number of carbonyl (C=O) groups excluding carboxylic acids is 4. The molecule has 3 aromatic carbocycles. The van der Waals surface area contributed by atoms with Crippen molar-refractivity contribution >= 4 is 52.8 Å². The standard InChI is InChI=1S/C43H46FN9O9/c1-2-50-23-32(40(57)58)38(55)31-21-33(44)36(22-35(31)50)51-17-19-52(20-18-51)42(60)62-26-29-10-12-30(13-11-29)46-39(56)34(9-6-16-45-27-54)53-24-37(48-49-53)43(14-15-43)47-41(59)61-25-28-7-4-3-5-8-28/h3-5,7-8,10-13,21-24,27,34H,2,6,9,14-20,25-26H2,1H3,(H,45,54)(H,46,56)(H,47,59)(H,57,58). The normalized spacial score (nSPS) is 14.7. The zero-order valence-corrected chi connectivity index (χ0v) is 33.9. The van der Waals surface area contributed by atoms with Crippen LogP contribution >= 0.6 is 0 Å². The van der Waals surface area contributed by atoms with E-state index in [-0.39, 0.29) is 43.3 Å². The summed E-state index contributed by atoms with van der Waals surface area (Å²) in [5.74, 6) is -2.42. The number of benzene rings is 3. The van der Waals surface area contributed by atoms with Gasteiger partial charge in [0.05, 0.1) is 22.9 Å². The summed E-state index contributed by atoms with van der Waals surface area (Å²) >= 11 is 0. The van der Waals surface area contributed by atoms with Crippen LogP contribution in [0.4, 0.5) is 25.4 Å². The molecular formula is C43H46FN9O9. The molecular weight excluding hydrogens is 806 g/mol. The largest absolute Gasteiger partial charge is 0.477 e. The number of halogens is 1. The van der Waals surface area contributed by atoms with Gasteiger partial charge in [-0.2, -0.15) is 0 Å². The van der Waals surface area contributed by atoms with E-state index >= 15 is 4.39 Å². The first kappa shape index (κ1) is 42.8. The Hall–Kier alpha value is -7.31. The first-order valence-electron chi connectivity index (χ1n) is 20.2. The lowest BCUT2D eigenvalue weighted by Crippen LogP contribution is -2.49. The van der Waals surface area contributed by atoms with Crippen LogP contribution in [-0.4, -0.2) is 92.8 Å². The van der Waals surface area contributed by atoms with E-state index in [9.17, 15) is 33.9 Å². The number of carboxylic acid groups (broad SMARTS) is 1. The van der Waals surface area contributed by atoms with Crippen molar-refractivity contribution in [3.05, 3.63) is 118 Å². The molecule has 4 N–H and O–H groups in total. The molecule has 2 fully saturated rings. The number of rotatable bonds is 17. The van der Waals surface area contributed by atoms with Gasteiger partial charge < -0.3 is 44.9 Å². The number of hydrogen-bond donors (Lipinski definition) is 4. The molecule has 1 saturated carbocycles. The fraction of sp³-hybridized carbons (Fsp3) is 0.349. The number of carboxylic acids is 1. The summed E-state index contributed by atoms with van der Waals surface area (Å²) in [5, 5.41) is 26.4. The molecule has 4 amide bonds.